The molecule has 1 fully saturated rings. The van der Waals surface area contributed by atoms with Gasteiger partial charge in [0.2, 0.25) is 0 Å². The van der Waals surface area contributed by atoms with E-state index in [1.165, 1.54) is 6.07 Å². The van der Waals surface area contributed by atoms with Crippen LogP contribution in [-0.4, -0.2) is 51.0 Å². The second-order valence-electron chi connectivity index (χ2n) is 4.89. The molecule has 4 nitrogen and oxygen atoms in total. The smallest absolute Gasteiger partial charge is 0.128 e. The molecule has 0 saturated carbocycles. The molecule has 1 aromatic rings. The van der Waals surface area contributed by atoms with Gasteiger partial charge in [0.15, 0.2) is 0 Å². The van der Waals surface area contributed by atoms with Crippen LogP contribution in [0.4, 0.5) is 4.39 Å². The topological polar surface area (TPSA) is 47.7 Å². The molecule has 2 N–H and O–H groups in total. The normalized spacial score (nSPS) is 25.7. The van der Waals surface area contributed by atoms with E-state index in [0.717, 1.165) is 13.1 Å². The van der Waals surface area contributed by atoms with Gasteiger partial charge in [-0.3, -0.25) is 4.90 Å². The van der Waals surface area contributed by atoms with Crippen molar-refractivity contribution in [2.75, 3.05) is 33.9 Å². The van der Waals surface area contributed by atoms with Crippen molar-refractivity contribution in [3.63, 3.8) is 0 Å². The summed E-state index contributed by atoms with van der Waals surface area (Å²) in [7, 11) is 3.36. The molecule has 0 aromatic heterocycles. The van der Waals surface area contributed by atoms with Crippen molar-refractivity contribution in [2.24, 2.45) is 5.73 Å². The van der Waals surface area contributed by atoms with Gasteiger partial charge in [-0.25, -0.2) is 4.39 Å². The third kappa shape index (κ3) is 3.30. The highest BCUT2D eigenvalue weighted by atomic mass is 19.1. The van der Waals surface area contributed by atoms with Crippen LogP contribution in [0.3, 0.4) is 0 Å². The van der Waals surface area contributed by atoms with Crippen molar-refractivity contribution in [1.82, 2.24) is 4.90 Å². The molecule has 5 heteroatoms. The van der Waals surface area contributed by atoms with E-state index in [2.05, 4.69) is 4.90 Å². The number of hydrogen-bond acceptors (Lipinski definition) is 4. The van der Waals surface area contributed by atoms with E-state index in [4.69, 9.17) is 15.2 Å². The molecule has 3 atom stereocenters. The summed E-state index contributed by atoms with van der Waals surface area (Å²) in [5.74, 6) is -0.249. The average molecular weight is 268 g/mol. The number of nitrogens with zero attached hydrogens (tertiary/aromatic N) is 1. The lowest BCUT2D eigenvalue weighted by Gasteiger charge is -2.21. The molecule has 1 saturated heterocycles. The minimum atomic E-state index is -0.339. The standard InChI is InChI=1S/C14H21FN2O2/c1-18-13-8-17(9-14(13)19-2)7-12(16)10-5-3-4-6-11(10)15/h3-6,12-14H,7-9,16H2,1-2H3. The van der Waals surface area contributed by atoms with Crippen LogP contribution in [0.15, 0.2) is 24.3 Å². The van der Waals surface area contributed by atoms with Crippen molar-refractivity contribution in [3.8, 4) is 0 Å². The molecule has 0 bridgehead atoms. The first kappa shape index (κ1) is 14.4. The van der Waals surface area contributed by atoms with Crippen LogP contribution in [0.1, 0.15) is 11.6 Å². The Kier molecular flexibility index (Phi) is 4.87. The van der Waals surface area contributed by atoms with E-state index in [9.17, 15) is 4.39 Å². The Morgan fingerprint density at radius 3 is 2.37 bits per heavy atom. The molecule has 1 heterocycles. The minimum absolute atomic E-state index is 0.0535. The number of likely N-dealkylation sites (tertiary alicyclic amines) is 1. The fourth-order valence-corrected chi connectivity index (χ4v) is 2.57. The Labute approximate surface area is 113 Å². The summed E-state index contributed by atoms with van der Waals surface area (Å²) < 4.78 is 24.4. The van der Waals surface area contributed by atoms with Gasteiger partial charge in [0, 0.05) is 45.5 Å². The Balaban J connectivity index is 1.97. The summed E-state index contributed by atoms with van der Waals surface area (Å²) in [6.45, 7) is 2.12. The third-order valence-electron chi connectivity index (χ3n) is 3.66. The number of nitrogens with two attached hydrogens (primary N) is 1. The predicted molar refractivity (Wildman–Crippen MR) is 71.4 cm³/mol. The van der Waals surface area contributed by atoms with Crippen LogP contribution in [0.25, 0.3) is 0 Å². The molecule has 1 aromatic carbocycles. The van der Waals surface area contributed by atoms with E-state index in [1.54, 1.807) is 32.4 Å². The third-order valence-corrected chi connectivity index (χ3v) is 3.66. The lowest BCUT2D eigenvalue weighted by molar-refractivity contribution is -0.00461. The molecule has 19 heavy (non-hydrogen) atoms. The fourth-order valence-electron chi connectivity index (χ4n) is 2.57. The van der Waals surface area contributed by atoms with E-state index >= 15 is 0 Å². The molecule has 0 radical (unpaired) electrons. The summed E-state index contributed by atoms with van der Waals surface area (Å²) in [5.41, 5.74) is 6.64. The van der Waals surface area contributed by atoms with E-state index in [-0.39, 0.29) is 24.1 Å². The van der Waals surface area contributed by atoms with Gasteiger partial charge in [0.05, 0.1) is 12.2 Å². The Morgan fingerprint density at radius 1 is 1.26 bits per heavy atom. The summed E-state index contributed by atoms with van der Waals surface area (Å²) >= 11 is 0. The van der Waals surface area contributed by atoms with Crippen LogP contribution >= 0.6 is 0 Å². The Hall–Kier alpha value is -1.01. The molecular weight excluding hydrogens is 247 g/mol. The second-order valence-corrected chi connectivity index (χ2v) is 4.89. The Morgan fingerprint density at radius 2 is 1.84 bits per heavy atom. The highest BCUT2D eigenvalue weighted by molar-refractivity contribution is 5.21. The van der Waals surface area contributed by atoms with Crippen molar-refractivity contribution in [1.29, 1.82) is 0 Å². The maximum absolute atomic E-state index is 13.7. The Bertz CT molecular complexity index is 404. The molecular formula is C14H21FN2O2. The molecule has 0 aliphatic carbocycles. The van der Waals surface area contributed by atoms with Gasteiger partial charge in [-0.1, -0.05) is 18.2 Å². The summed E-state index contributed by atoms with van der Waals surface area (Å²) in [4.78, 5) is 2.15. The van der Waals surface area contributed by atoms with Gasteiger partial charge in [-0.05, 0) is 6.07 Å². The van der Waals surface area contributed by atoms with Crippen molar-refractivity contribution >= 4 is 0 Å². The van der Waals surface area contributed by atoms with Gasteiger partial charge in [0.1, 0.15) is 5.82 Å². The first-order valence-corrected chi connectivity index (χ1v) is 6.43. The lowest BCUT2D eigenvalue weighted by Crippen LogP contribution is -2.32. The number of rotatable bonds is 5. The summed E-state index contributed by atoms with van der Waals surface area (Å²) in [6.07, 6.45) is 0.107. The van der Waals surface area contributed by atoms with Gasteiger partial charge in [-0.2, -0.15) is 0 Å². The SMILES string of the molecule is COC1CN(CC(N)c2ccccc2F)CC1OC. The zero-order valence-corrected chi connectivity index (χ0v) is 11.4. The molecule has 0 spiro atoms. The van der Waals surface area contributed by atoms with Crippen LogP contribution in [-0.2, 0) is 9.47 Å². The van der Waals surface area contributed by atoms with Crippen LogP contribution < -0.4 is 5.73 Å². The largest absolute Gasteiger partial charge is 0.377 e. The number of benzene rings is 1. The number of halogens is 1. The average Bonchev–Trinajstić information content (AvgIpc) is 2.81. The molecule has 1 aliphatic rings. The van der Waals surface area contributed by atoms with Crippen molar-refractivity contribution in [3.05, 3.63) is 35.6 Å². The molecule has 106 valence electrons. The van der Waals surface area contributed by atoms with E-state index < -0.39 is 0 Å². The van der Waals surface area contributed by atoms with Gasteiger partial charge < -0.3 is 15.2 Å². The van der Waals surface area contributed by atoms with Crippen molar-refractivity contribution < 1.29 is 13.9 Å². The fraction of sp³-hybridized carbons (Fsp3) is 0.571. The van der Waals surface area contributed by atoms with Gasteiger partial charge in [0.25, 0.3) is 0 Å². The monoisotopic (exact) mass is 268 g/mol. The van der Waals surface area contributed by atoms with Crippen molar-refractivity contribution in [2.45, 2.75) is 18.2 Å². The minimum Gasteiger partial charge on any atom is -0.377 e. The molecule has 1 aliphatic heterocycles. The zero-order chi connectivity index (χ0) is 13.8. The summed E-state index contributed by atoms with van der Waals surface area (Å²) in [5, 5.41) is 0. The van der Waals surface area contributed by atoms with Crippen LogP contribution in [0.5, 0.6) is 0 Å². The highest BCUT2D eigenvalue weighted by Crippen LogP contribution is 2.20. The molecule has 0 amide bonds. The zero-order valence-electron chi connectivity index (χ0n) is 11.4. The maximum atomic E-state index is 13.7. The second kappa shape index (κ2) is 6.43. The van der Waals surface area contributed by atoms with Crippen LogP contribution in [0.2, 0.25) is 0 Å². The van der Waals surface area contributed by atoms with E-state index in [1.807, 2.05) is 0 Å². The van der Waals surface area contributed by atoms with Crippen LogP contribution in [0, 0.1) is 5.82 Å². The quantitative estimate of drug-likeness (QED) is 0.871. The molecule has 2 rings (SSSR count). The van der Waals surface area contributed by atoms with Gasteiger partial charge >= 0.3 is 0 Å². The number of ether oxygens (including phenoxy) is 2. The predicted octanol–water partition coefficient (Wildman–Crippen LogP) is 1.17. The molecule has 3 unspecified atom stereocenters. The summed E-state index contributed by atoms with van der Waals surface area (Å²) in [6, 6.07) is 6.31. The highest BCUT2D eigenvalue weighted by Gasteiger charge is 2.33. The number of methoxy groups -OCH3 is 2. The maximum Gasteiger partial charge on any atom is 0.128 e. The van der Waals surface area contributed by atoms with Gasteiger partial charge in [-0.15, -0.1) is 0 Å². The lowest BCUT2D eigenvalue weighted by atomic mass is 10.1. The first-order valence-electron chi connectivity index (χ1n) is 6.43. The number of hydrogen-bond donors (Lipinski definition) is 1. The first-order chi connectivity index (χ1) is 9.15. The van der Waals surface area contributed by atoms with E-state index in [0.29, 0.717) is 12.1 Å².